The highest BCUT2D eigenvalue weighted by molar-refractivity contribution is 6.37. The van der Waals surface area contributed by atoms with Crippen LogP contribution in [-0.4, -0.2) is 61.7 Å². The number of nitrogens with zero attached hydrogens (tertiary/aromatic N) is 4. The van der Waals surface area contributed by atoms with Crippen molar-refractivity contribution in [1.82, 2.24) is 19.7 Å². The summed E-state index contributed by atoms with van der Waals surface area (Å²) >= 11 is 12.0. The van der Waals surface area contributed by atoms with Crippen molar-refractivity contribution < 1.29 is 38.9 Å². The van der Waals surface area contributed by atoms with E-state index in [0.29, 0.717) is 39.9 Å². The number of nitrogens with one attached hydrogen (secondary N) is 1. The van der Waals surface area contributed by atoms with Crippen molar-refractivity contribution in [3.8, 4) is 11.5 Å². The summed E-state index contributed by atoms with van der Waals surface area (Å²) in [4.78, 5) is 66.9. The molecule has 0 spiro atoms. The van der Waals surface area contributed by atoms with Crippen molar-refractivity contribution in [2.24, 2.45) is 5.92 Å². The third-order valence-corrected chi connectivity index (χ3v) is 11.3. The van der Waals surface area contributed by atoms with Crippen molar-refractivity contribution in [3.05, 3.63) is 200 Å². The first kappa shape index (κ1) is 50.5. The normalized spacial score (nSPS) is 12.5. The number of ketones is 1. The minimum absolute atomic E-state index is 0.0471. The summed E-state index contributed by atoms with van der Waals surface area (Å²) in [6.07, 6.45) is 5.21. The molecule has 1 aliphatic rings. The molecule has 352 valence electrons. The molecule has 2 N–H and O–H groups in total. The minimum Gasteiger partial charge on any atom is -0.543 e. The first-order valence-electron chi connectivity index (χ1n) is 21.5. The molecule has 2 aromatic heterocycles. The monoisotopic (exact) mass is 966 g/mol. The Labute approximate surface area is 407 Å². The number of allylic oxidation sites excluding steroid dienone is 3. The number of benzene rings is 5. The van der Waals surface area contributed by atoms with Gasteiger partial charge in [-0.3, -0.25) is 19.4 Å². The molecule has 1 amide bonds. The van der Waals surface area contributed by atoms with Gasteiger partial charge in [-0.1, -0.05) is 120 Å². The Morgan fingerprint density at radius 2 is 1.35 bits per heavy atom. The van der Waals surface area contributed by atoms with Crippen LogP contribution in [0.25, 0.3) is 21.9 Å². The highest BCUT2D eigenvalue weighted by Crippen LogP contribution is 2.33. The van der Waals surface area contributed by atoms with Crippen LogP contribution in [0.3, 0.4) is 0 Å². The lowest BCUT2D eigenvalue weighted by Crippen LogP contribution is -2.28. The number of hydrogen-bond donors (Lipinski definition) is 2. The molecule has 1 atom stereocenters. The van der Waals surface area contributed by atoms with Gasteiger partial charge in [0.15, 0.2) is 22.9 Å². The molecule has 0 fully saturated rings. The number of anilines is 1. The molecule has 8 rings (SSSR count). The van der Waals surface area contributed by atoms with Gasteiger partial charge in [-0.25, -0.2) is 14.5 Å². The van der Waals surface area contributed by atoms with Crippen LogP contribution in [0.15, 0.2) is 139 Å². The lowest BCUT2D eigenvalue weighted by Gasteiger charge is -2.22. The fraction of sp³-hybridized carbons (Fsp3) is 0.170. The average molecular weight is 968 g/mol. The molecule has 1 aliphatic carbocycles. The standard InChI is InChI=1S/C21H22O2.C17H12Cl2N2O4.C15H13N3O3/c1-14-7-6-8-15(2)21(14)23-12-11-17-13-16(3)18-9-4-5-10-19(18)20(17)22;18-12-6-3-7-13(19)15(12)25-9-8-21-16(22)11-5-2-1-4-10(11)14(20-21)17(23)24;1-9(2)10-4-3-5-11(8-10)18-14(19)12-13(15(20)21)17-7-6-16-12/h4-10,13,17H,11-12H2,1-3H3;1-7H,8-9H2,(H,23,24);3-8H,1H2,2H3,(H,18,19)(H,20,21)/p-1. The number of aromatic nitrogens is 4. The number of hydrogen-bond acceptors (Lipinski definition) is 11. The number of fused-ring (bicyclic) bond motifs is 2. The highest BCUT2D eigenvalue weighted by atomic mass is 35.5. The summed E-state index contributed by atoms with van der Waals surface area (Å²) in [5.41, 5.74) is 6.20. The first-order valence-corrected chi connectivity index (χ1v) is 22.2. The number of carboxylic acids is 2. The summed E-state index contributed by atoms with van der Waals surface area (Å²) in [5, 5.41) is 28.0. The quantitative estimate of drug-likeness (QED) is 0.111. The van der Waals surface area contributed by atoms with E-state index >= 15 is 0 Å². The van der Waals surface area contributed by atoms with E-state index in [1.165, 1.54) is 18.0 Å². The molecule has 69 heavy (non-hydrogen) atoms. The predicted octanol–water partition coefficient (Wildman–Crippen LogP) is 9.59. The highest BCUT2D eigenvalue weighted by Gasteiger charge is 2.26. The molecule has 0 radical (unpaired) electrons. The van der Waals surface area contributed by atoms with Crippen LogP contribution < -0.4 is 25.5 Å². The van der Waals surface area contributed by atoms with E-state index in [4.69, 9.17) is 32.7 Å². The van der Waals surface area contributed by atoms with Crippen molar-refractivity contribution in [1.29, 1.82) is 0 Å². The van der Waals surface area contributed by atoms with Crippen molar-refractivity contribution in [2.75, 3.05) is 18.5 Å². The molecule has 14 nitrogen and oxygen atoms in total. The molecule has 5 aromatic carbocycles. The van der Waals surface area contributed by atoms with E-state index in [0.717, 1.165) is 43.8 Å². The Hall–Kier alpha value is -7.94. The number of aromatic carboxylic acids is 2. The topological polar surface area (TPSA) is 203 Å². The first-order chi connectivity index (χ1) is 33.0. The number of Topliss-reactive ketones (excluding diaryl/α,β-unsaturated/α-hetero) is 1. The Kier molecular flexibility index (Phi) is 17.0. The van der Waals surface area contributed by atoms with Gasteiger partial charge in [-0.15, -0.1) is 0 Å². The number of halogens is 2. The van der Waals surface area contributed by atoms with Gasteiger partial charge in [0.05, 0.1) is 34.6 Å². The maximum absolute atomic E-state index is 12.6. The van der Waals surface area contributed by atoms with E-state index in [1.54, 1.807) is 60.7 Å². The second-order valence-corrected chi connectivity index (χ2v) is 16.5. The van der Waals surface area contributed by atoms with Crippen molar-refractivity contribution in [2.45, 2.75) is 40.7 Å². The number of rotatable bonds is 13. The summed E-state index contributed by atoms with van der Waals surface area (Å²) in [5.74, 6) is -2.06. The van der Waals surface area contributed by atoms with Crippen LogP contribution in [0.5, 0.6) is 11.5 Å². The van der Waals surface area contributed by atoms with Gasteiger partial charge in [-0.2, -0.15) is 5.10 Å². The van der Waals surface area contributed by atoms with Gasteiger partial charge in [0, 0.05) is 34.9 Å². The van der Waals surface area contributed by atoms with Crippen molar-refractivity contribution in [3.63, 3.8) is 0 Å². The molecule has 0 saturated carbocycles. The van der Waals surface area contributed by atoms with Gasteiger partial charge < -0.3 is 29.8 Å². The van der Waals surface area contributed by atoms with Gasteiger partial charge in [0.25, 0.3) is 11.5 Å². The molecule has 0 saturated heterocycles. The predicted molar refractivity (Wildman–Crippen MR) is 264 cm³/mol. The number of amides is 1. The Morgan fingerprint density at radius 3 is 2.00 bits per heavy atom. The number of carbonyl (C=O) groups is 4. The fourth-order valence-corrected chi connectivity index (χ4v) is 7.85. The van der Waals surface area contributed by atoms with E-state index < -0.39 is 29.1 Å². The number of ether oxygens (including phenoxy) is 2. The Morgan fingerprint density at radius 1 is 0.754 bits per heavy atom. The molecular weight excluding hydrogens is 922 g/mol. The summed E-state index contributed by atoms with van der Waals surface area (Å²) in [6, 6.07) is 32.4. The molecule has 7 aromatic rings. The van der Waals surface area contributed by atoms with Crippen LogP contribution in [-0.2, 0) is 6.54 Å². The summed E-state index contributed by atoms with van der Waals surface area (Å²) in [7, 11) is 0. The number of carboxylic acid groups (broad SMARTS) is 2. The molecule has 1 unspecified atom stereocenters. The largest absolute Gasteiger partial charge is 0.543 e. The second-order valence-electron chi connectivity index (χ2n) is 15.7. The molecule has 0 bridgehead atoms. The Bertz CT molecular complexity index is 3150. The van der Waals surface area contributed by atoms with Crippen molar-refractivity contribution >= 4 is 74.4 Å². The van der Waals surface area contributed by atoms with Crippen LogP contribution >= 0.6 is 23.2 Å². The van der Waals surface area contributed by atoms with Crippen LogP contribution in [0.2, 0.25) is 10.0 Å². The zero-order chi connectivity index (χ0) is 49.8. The van der Waals surface area contributed by atoms with E-state index in [1.807, 2.05) is 69.3 Å². The number of carbonyl (C=O) groups excluding carboxylic acids is 3. The summed E-state index contributed by atoms with van der Waals surface area (Å²) in [6.45, 7) is 12.5. The van der Waals surface area contributed by atoms with E-state index in [-0.39, 0.29) is 41.6 Å². The van der Waals surface area contributed by atoms with Gasteiger partial charge >= 0.3 is 5.97 Å². The van der Waals surface area contributed by atoms with E-state index in [2.05, 4.69) is 40.0 Å². The Balaban J connectivity index is 0.000000171. The molecule has 16 heteroatoms. The third kappa shape index (κ3) is 12.5. The average Bonchev–Trinajstić information content (AvgIpc) is 3.33. The number of aryl methyl sites for hydroxylation is 2. The van der Waals surface area contributed by atoms with Gasteiger partial charge in [0.1, 0.15) is 18.1 Å². The molecular formula is C53H46Cl2N5O9-. The molecule has 0 aliphatic heterocycles. The lowest BCUT2D eigenvalue weighted by atomic mass is 9.83. The van der Waals surface area contributed by atoms with Crippen LogP contribution in [0, 0.1) is 19.8 Å². The maximum Gasteiger partial charge on any atom is 0.357 e. The minimum atomic E-state index is -1.55. The smallest absolute Gasteiger partial charge is 0.357 e. The van der Waals surface area contributed by atoms with Gasteiger partial charge in [0.2, 0.25) is 0 Å². The lowest BCUT2D eigenvalue weighted by molar-refractivity contribution is -0.255. The van der Waals surface area contributed by atoms with Crippen LogP contribution in [0.4, 0.5) is 5.69 Å². The zero-order valence-corrected chi connectivity index (χ0v) is 39.5. The fourth-order valence-electron chi connectivity index (χ4n) is 7.34. The summed E-state index contributed by atoms with van der Waals surface area (Å²) < 4.78 is 12.6. The number of para-hydroxylation sites is 2. The zero-order valence-electron chi connectivity index (χ0n) is 38.0. The SMILES string of the molecule is C=C(C)c1cccc(NC(=O)c2nccnc2C(=O)[O-])c1.CC1=CC(CCOc2c(C)cccc2C)C(=O)c2ccccc21.O=C(O)c1nn(CCOc2c(Cl)cccc2Cl)c(=O)c2ccccc12. The van der Waals surface area contributed by atoms with E-state index in [9.17, 15) is 34.2 Å². The van der Waals surface area contributed by atoms with Crippen LogP contribution in [0.1, 0.15) is 84.3 Å². The van der Waals surface area contributed by atoms with Gasteiger partial charge in [-0.05, 0) is 92.3 Å². The maximum atomic E-state index is 12.6. The third-order valence-electron chi connectivity index (χ3n) is 10.7. The molecule has 2 heterocycles. The second kappa shape index (κ2) is 23.2.